The van der Waals surface area contributed by atoms with Crippen molar-refractivity contribution in [3.8, 4) is 0 Å². The number of benzene rings is 1. The summed E-state index contributed by atoms with van der Waals surface area (Å²) in [7, 11) is 0. The van der Waals surface area contributed by atoms with Crippen LogP contribution in [0, 0.1) is 0 Å². The Bertz CT molecular complexity index is 661. The molecule has 0 amide bonds. The zero-order valence-corrected chi connectivity index (χ0v) is 16.6. The minimum absolute atomic E-state index is 0.455. The van der Waals surface area contributed by atoms with Crippen molar-refractivity contribution in [2.75, 3.05) is 31.1 Å². The van der Waals surface area contributed by atoms with Crippen LogP contribution in [0.5, 0.6) is 0 Å². The van der Waals surface area contributed by atoms with E-state index < -0.39 is 0 Å². The van der Waals surface area contributed by atoms with Gasteiger partial charge in [0.15, 0.2) is 5.96 Å². The van der Waals surface area contributed by atoms with E-state index in [1.165, 1.54) is 11.3 Å². The molecule has 2 N–H and O–H groups in total. The lowest BCUT2D eigenvalue weighted by Crippen LogP contribution is -2.48. The van der Waals surface area contributed by atoms with E-state index in [4.69, 9.17) is 4.99 Å². The third-order valence-electron chi connectivity index (χ3n) is 4.94. The fraction of sp³-hybridized carbons (Fsp3) is 0.476. The smallest absolute Gasteiger partial charge is 0.191 e. The summed E-state index contributed by atoms with van der Waals surface area (Å²) in [4.78, 5) is 7.30. The fourth-order valence-electron chi connectivity index (χ4n) is 3.32. The molecule has 0 saturated carbocycles. The second kappa shape index (κ2) is 9.62. The van der Waals surface area contributed by atoms with Gasteiger partial charge in [-0.25, -0.2) is 0 Å². The molecule has 1 aliphatic rings. The molecule has 1 aromatic carbocycles. The molecular formula is C21H30N4S. The van der Waals surface area contributed by atoms with Crippen molar-refractivity contribution < 1.29 is 0 Å². The molecule has 0 spiro atoms. The first kappa shape index (κ1) is 18.8. The second-order valence-electron chi connectivity index (χ2n) is 6.92. The lowest BCUT2D eigenvalue weighted by atomic mass is 10.0. The lowest BCUT2D eigenvalue weighted by Gasteiger charge is -2.34. The Morgan fingerprint density at radius 1 is 1.23 bits per heavy atom. The van der Waals surface area contributed by atoms with Crippen LogP contribution in [-0.4, -0.2) is 38.2 Å². The molecule has 5 heteroatoms. The number of hydrogen-bond donors (Lipinski definition) is 2. The maximum absolute atomic E-state index is 4.83. The van der Waals surface area contributed by atoms with Crippen LogP contribution in [0.1, 0.15) is 38.2 Å². The first-order valence-electron chi connectivity index (χ1n) is 9.63. The number of hydrogen-bond acceptors (Lipinski definition) is 3. The van der Waals surface area contributed by atoms with Crippen LogP contribution in [0.25, 0.3) is 0 Å². The third kappa shape index (κ3) is 5.24. The second-order valence-corrected chi connectivity index (χ2v) is 7.70. The molecule has 1 aliphatic heterocycles. The highest BCUT2D eigenvalue weighted by Gasteiger charge is 2.20. The van der Waals surface area contributed by atoms with Gasteiger partial charge in [0.25, 0.3) is 0 Å². The summed E-state index contributed by atoms with van der Waals surface area (Å²) in [6.07, 6.45) is 2.28. The average molecular weight is 371 g/mol. The highest BCUT2D eigenvalue weighted by atomic mass is 32.1. The minimum Gasteiger partial charge on any atom is -0.371 e. The highest BCUT2D eigenvalue weighted by molar-refractivity contribution is 7.07. The molecule has 1 aromatic heterocycles. The zero-order valence-electron chi connectivity index (χ0n) is 15.8. The van der Waals surface area contributed by atoms with Crippen molar-refractivity contribution in [3.05, 3.63) is 52.7 Å². The molecule has 0 bridgehead atoms. The van der Waals surface area contributed by atoms with E-state index in [9.17, 15) is 0 Å². The van der Waals surface area contributed by atoms with Gasteiger partial charge in [-0.2, -0.15) is 11.3 Å². The van der Waals surface area contributed by atoms with E-state index >= 15 is 0 Å². The van der Waals surface area contributed by atoms with Gasteiger partial charge < -0.3 is 15.5 Å². The van der Waals surface area contributed by atoms with E-state index in [1.807, 2.05) is 0 Å². The Kier molecular flexibility index (Phi) is 6.95. The van der Waals surface area contributed by atoms with Crippen LogP contribution >= 0.6 is 11.3 Å². The van der Waals surface area contributed by atoms with Gasteiger partial charge in [0, 0.05) is 43.8 Å². The van der Waals surface area contributed by atoms with Crippen LogP contribution in [0.2, 0.25) is 0 Å². The summed E-state index contributed by atoms with van der Waals surface area (Å²) in [5.41, 5.74) is 2.71. The normalized spacial score (nSPS) is 17.2. The number of aliphatic imine (C=N–C) groups is 1. The Labute approximate surface area is 161 Å². The van der Waals surface area contributed by atoms with E-state index in [-0.39, 0.29) is 0 Å². The van der Waals surface area contributed by atoms with Crippen molar-refractivity contribution in [3.63, 3.8) is 0 Å². The number of anilines is 1. The Balaban J connectivity index is 1.51. The first-order chi connectivity index (χ1) is 12.8. The van der Waals surface area contributed by atoms with Crippen molar-refractivity contribution in [2.45, 2.75) is 38.6 Å². The van der Waals surface area contributed by atoms with Crippen molar-refractivity contribution in [2.24, 2.45) is 4.99 Å². The van der Waals surface area contributed by atoms with Gasteiger partial charge in [-0.05, 0) is 54.3 Å². The molecule has 1 atom stereocenters. The van der Waals surface area contributed by atoms with Crippen LogP contribution in [0.4, 0.5) is 5.69 Å². The van der Waals surface area contributed by atoms with Crippen LogP contribution in [0.3, 0.4) is 0 Å². The van der Waals surface area contributed by atoms with Crippen molar-refractivity contribution in [1.29, 1.82) is 0 Å². The van der Waals surface area contributed by atoms with E-state index in [1.54, 1.807) is 11.3 Å². The number of guanidine groups is 1. The summed E-state index contributed by atoms with van der Waals surface area (Å²) in [5.74, 6) is 1.41. The van der Waals surface area contributed by atoms with Gasteiger partial charge in [0.1, 0.15) is 0 Å². The minimum atomic E-state index is 0.455. The van der Waals surface area contributed by atoms with Crippen LogP contribution in [0.15, 0.2) is 52.2 Å². The summed E-state index contributed by atoms with van der Waals surface area (Å²) < 4.78 is 0. The quantitative estimate of drug-likeness (QED) is 0.595. The molecule has 26 heavy (non-hydrogen) atoms. The van der Waals surface area contributed by atoms with Crippen molar-refractivity contribution in [1.82, 2.24) is 10.6 Å². The van der Waals surface area contributed by atoms with Gasteiger partial charge >= 0.3 is 0 Å². The SMILES string of the molecule is CCNC(=NCC(C)c1ccsc1)NC1CCN(c2ccccc2)CC1. The molecule has 1 fully saturated rings. The Morgan fingerprint density at radius 3 is 2.65 bits per heavy atom. The van der Waals surface area contributed by atoms with Gasteiger partial charge in [-0.1, -0.05) is 25.1 Å². The predicted molar refractivity (Wildman–Crippen MR) is 114 cm³/mol. The van der Waals surface area contributed by atoms with E-state index in [0.717, 1.165) is 45.0 Å². The molecule has 0 radical (unpaired) electrons. The average Bonchev–Trinajstić information content (AvgIpc) is 3.22. The monoisotopic (exact) mass is 370 g/mol. The number of nitrogens with zero attached hydrogens (tertiary/aromatic N) is 2. The van der Waals surface area contributed by atoms with E-state index in [0.29, 0.717) is 12.0 Å². The number of nitrogens with one attached hydrogen (secondary N) is 2. The summed E-state index contributed by atoms with van der Waals surface area (Å²) in [6, 6.07) is 13.4. The van der Waals surface area contributed by atoms with Gasteiger partial charge in [0.05, 0.1) is 0 Å². The number of piperidine rings is 1. The molecule has 4 nitrogen and oxygen atoms in total. The van der Waals surface area contributed by atoms with E-state index in [2.05, 4.69) is 76.5 Å². The number of para-hydroxylation sites is 1. The highest BCUT2D eigenvalue weighted by Crippen LogP contribution is 2.20. The molecule has 1 saturated heterocycles. The Morgan fingerprint density at radius 2 is 2.00 bits per heavy atom. The van der Waals surface area contributed by atoms with Crippen LogP contribution in [-0.2, 0) is 0 Å². The molecule has 2 aromatic rings. The largest absolute Gasteiger partial charge is 0.371 e. The summed E-state index contributed by atoms with van der Waals surface area (Å²) in [5, 5.41) is 11.4. The van der Waals surface area contributed by atoms with Gasteiger partial charge in [0.2, 0.25) is 0 Å². The van der Waals surface area contributed by atoms with Crippen molar-refractivity contribution >= 4 is 23.0 Å². The topological polar surface area (TPSA) is 39.7 Å². The Hall–Kier alpha value is -2.01. The lowest BCUT2D eigenvalue weighted by molar-refractivity contribution is 0.461. The summed E-state index contributed by atoms with van der Waals surface area (Å²) >= 11 is 1.75. The number of thiophene rings is 1. The van der Waals surface area contributed by atoms with Gasteiger partial charge in [-0.3, -0.25) is 4.99 Å². The molecule has 3 rings (SSSR count). The zero-order chi connectivity index (χ0) is 18.2. The maximum Gasteiger partial charge on any atom is 0.191 e. The maximum atomic E-state index is 4.83. The fourth-order valence-corrected chi connectivity index (χ4v) is 4.11. The molecule has 2 heterocycles. The molecule has 0 aliphatic carbocycles. The standard InChI is InChI=1S/C21H30N4S/c1-3-22-21(23-15-17(2)18-11-14-26-16-18)24-19-9-12-25(13-10-19)20-7-5-4-6-8-20/h4-8,11,14,16-17,19H,3,9-10,12-13,15H2,1-2H3,(H2,22,23,24). The molecular weight excluding hydrogens is 340 g/mol. The third-order valence-corrected chi connectivity index (χ3v) is 5.64. The molecule has 1 unspecified atom stereocenters. The predicted octanol–water partition coefficient (Wildman–Crippen LogP) is 4.08. The number of rotatable bonds is 6. The van der Waals surface area contributed by atoms with Gasteiger partial charge in [-0.15, -0.1) is 0 Å². The first-order valence-corrected chi connectivity index (χ1v) is 10.6. The van der Waals surface area contributed by atoms with Crippen LogP contribution < -0.4 is 15.5 Å². The summed E-state index contributed by atoms with van der Waals surface area (Å²) in [6.45, 7) is 8.25. The molecule has 140 valence electrons.